The molecule has 0 spiro atoms. The predicted octanol–water partition coefficient (Wildman–Crippen LogP) is 3.53. The van der Waals surface area contributed by atoms with E-state index in [-0.39, 0.29) is 24.4 Å². The van der Waals surface area contributed by atoms with Crippen LogP contribution >= 0.6 is 0 Å². The Hall–Kier alpha value is -6.04. The first-order chi connectivity index (χ1) is 37.4. The van der Waals surface area contributed by atoms with Gasteiger partial charge in [-0.25, -0.2) is 0 Å². The topological polar surface area (TPSA) is 342 Å². The van der Waals surface area contributed by atoms with Crippen molar-refractivity contribution in [3.63, 3.8) is 0 Å². The van der Waals surface area contributed by atoms with E-state index in [4.69, 9.17) is 29.2 Å². The van der Waals surface area contributed by atoms with Crippen molar-refractivity contribution in [1.29, 1.82) is 0 Å². The molecular weight excluding hydrogens is 1040 g/mol. The summed E-state index contributed by atoms with van der Waals surface area (Å²) >= 11 is 0. The number of aliphatic hydroxyl groups excluding tert-OH is 10. The highest BCUT2D eigenvalue weighted by Gasteiger charge is 2.41. The van der Waals surface area contributed by atoms with Crippen LogP contribution < -0.4 is 0 Å². The van der Waals surface area contributed by atoms with Crippen LogP contribution in [0.1, 0.15) is 108 Å². The Balaban J connectivity index is 1.91. The molecule has 0 fully saturated rings. The van der Waals surface area contributed by atoms with Crippen molar-refractivity contribution >= 4 is 35.4 Å². The Morgan fingerprint density at radius 2 is 0.762 bits per heavy atom. The molecule has 2 rings (SSSR count). The van der Waals surface area contributed by atoms with Crippen molar-refractivity contribution in [3.8, 4) is 0 Å². The van der Waals surface area contributed by atoms with Gasteiger partial charge in [0.2, 0.25) is 0 Å². The van der Waals surface area contributed by atoms with Crippen LogP contribution in [-0.2, 0) is 47.7 Å². The maximum Gasteiger partial charge on any atom is 0.307 e. The Morgan fingerprint density at radius 1 is 0.475 bits per heavy atom. The molecule has 444 valence electrons. The largest absolute Gasteiger partial charge is 0.463 e. The van der Waals surface area contributed by atoms with Gasteiger partial charge in [-0.05, 0) is 74.7 Å². The molecule has 0 aromatic rings. The minimum Gasteiger partial charge on any atom is -0.463 e. The van der Waals surface area contributed by atoms with Gasteiger partial charge in [-0.15, -0.1) is 0 Å². The minimum atomic E-state index is -1.91. The number of aliphatic hydroxyl groups is 10. The van der Waals surface area contributed by atoms with E-state index < -0.39 is 148 Å². The zero-order valence-electron chi connectivity index (χ0n) is 47.5. The van der Waals surface area contributed by atoms with E-state index in [0.717, 1.165) is 33.4 Å². The van der Waals surface area contributed by atoms with Crippen LogP contribution in [0.5, 0.6) is 0 Å². The van der Waals surface area contributed by atoms with Crippen LogP contribution in [0.4, 0.5) is 0 Å². The van der Waals surface area contributed by atoms with Gasteiger partial charge in [0.1, 0.15) is 62.0 Å². The van der Waals surface area contributed by atoms with Gasteiger partial charge >= 0.3 is 23.9 Å². The number of hydrogen-bond donors (Lipinski definition) is 10. The quantitative estimate of drug-likeness (QED) is 0.0279. The van der Waals surface area contributed by atoms with E-state index in [1.165, 1.54) is 0 Å². The summed E-state index contributed by atoms with van der Waals surface area (Å²) in [6.45, 7) is 15.7. The van der Waals surface area contributed by atoms with Gasteiger partial charge in [-0.2, -0.15) is 0 Å². The van der Waals surface area contributed by atoms with Crippen LogP contribution in [0.2, 0.25) is 0 Å². The summed E-state index contributed by atoms with van der Waals surface area (Å²) in [4.78, 5) is 76.2. The fourth-order valence-electron chi connectivity index (χ4n) is 8.43. The summed E-state index contributed by atoms with van der Waals surface area (Å²) < 4.78 is 20.6. The maximum atomic E-state index is 13.3. The molecule has 0 radical (unpaired) electrons. The molecule has 10 atom stereocenters. The van der Waals surface area contributed by atoms with Crippen LogP contribution in [-0.4, -0.2) is 174 Å². The fourth-order valence-corrected chi connectivity index (χ4v) is 8.43. The number of carbonyl (C=O) groups is 6. The Labute approximate surface area is 468 Å². The first-order valence-electron chi connectivity index (χ1n) is 26.3. The number of esters is 4. The summed E-state index contributed by atoms with van der Waals surface area (Å²) in [6, 6.07) is 0. The van der Waals surface area contributed by atoms with Crippen molar-refractivity contribution in [2.75, 3.05) is 26.4 Å². The van der Waals surface area contributed by atoms with Gasteiger partial charge in [0, 0.05) is 12.8 Å². The van der Waals surface area contributed by atoms with Gasteiger partial charge in [-0.3, -0.25) is 28.8 Å². The molecule has 20 nitrogen and oxygen atoms in total. The highest BCUT2D eigenvalue weighted by Crippen LogP contribution is 2.42. The molecule has 10 unspecified atom stereocenters. The monoisotopic (exact) mass is 1120 g/mol. The number of ether oxygens (including phenoxy) is 4. The van der Waals surface area contributed by atoms with Gasteiger partial charge in [0.25, 0.3) is 0 Å². The SMILES string of the molecule is CC1=C(/C=C/C(C)=C/C=C/C(C)=C/C=C/C=C(C)/C=C/C=C(C)/C=C/C2=C(C)C(=O)C(OC(=O)CCC(=O)OCC(O)C(O)C(O)C(O)CO)CC2(C)C)C(C)(C)CC(OC(=O)CCC(=O)OCC(O)C(O)C(O)C(O)CO)C1=O. The lowest BCUT2D eigenvalue weighted by Gasteiger charge is -2.36. The molecule has 2 aliphatic rings. The van der Waals surface area contributed by atoms with Crippen molar-refractivity contribution in [1.82, 2.24) is 0 Å². The van der Waals surface area contributed by atoms with Crippen molar-refractivity contribution in [2.45, 2.75) is 169 Å². The molecule has 0 aromatic carbocycles. The molecule has 0 bridgehead atoms. The smallest absolute Gasteiger partial charge is 0.307 e. The molecular formula is C60H84O20. The molecule has 0 heterocycles. The molecule has 0 saturated heterocycles. The zero-order valence-corrected chi connectivity index (χ0v) is 47.5. The lowest BCUT2D eigenvalue weighted by atomic mass is 9.71. The lowest BCUT2D eigenvalue weighted by Crippen LogP contribution is -2.47. The number of carbonyl (C=O) groups excluding carboxylic acids is 6. The second-order valence-electron chi connectivity index (χ2n) is 21.3. The maximum absolute atomic E-state index is 13.3. The van der Waals surface area contributed by atoms with E-state index in [1.54, 1.807) is 13.8 Å². The second kappa shape index (κ2) is 33.6. The number of allylic oxidation sites excluding steroid dienone is 20. The first kappa shape index (κ1) is 70.1. The van der Waals surface area contributed by atoms with Gasteiger partial charge in [0.15, 0.2) is 23.8 Å². The standard InChI is InChI=1S/C60H84O20/c1-35(17-13-19-37(3)21-23-41-39(5)53(71)47(29-59(41,7)8)79-51(69)27-25-49(67)77-33-45(65)57(75)55(73)43(63)31-61)15-11-12-16-36(2)18-14-20-38(4)22-24-42-40(6)54(72)48(30-60(42,9)10)80-52(70)28-26-50(68)78-34-46(66)58(76)56(74)44(64)32-62/h11-24,43-48,55-58,61-66,73-76H,25-34H2,1-10H3/b12-11+,17-13+,18-14+,23-21+,24-22+,35-15+,36-16+,37-19+,38-20+. The number of rotatable bonds is 30. The van der Waals surface area contributed by atoms with Crippen molar-refractivity contribution in [2.24, 2.45) is 10.8 Å². The lowest BCUT2D eigenvalue weighted by molar-refractivity contribution is -0.161. The summed E-state index contributed by atoms with van der Waals surface area (Å²) in [5.74, 6) is -4.14. The van der Waals surface area contributed by atoms with Gasteiger partial charge in [-0.1, -0.05) is 135 Å². The van der Waals surface area contributed by atoms with E-state index in [9.17, 15) is 69.6 Å². The highest BCUT2D eigenvalue weighted by molar-refractivity contribution is 6.02. The third kappa shape index (κ3) is 23.2. The molecule has 10 N–H and O–H groups in total. The Morgan fingerprint density at radius 3 is 1.09 bits per heavy atom. The van der Waals surface area contributed by atoms with Gasteiger partial charge < -0.3 is 70.0 Å². The van der Waals surface area contributed by atoms with Gasteiger partial charge in [0.05, 0.1) is 38.9 Å². The van der Waals surface area contributed by atoms with Crippen LogP contribution in [0.15, 0.2) is 130 Å². The van der Waals surface area contributed by atoms with Crippen LogP contribution in [0.3, 0.4) is 0 Å². The molecule has 2 aliphatic carbocycles. The summed E-state index contributed by atoms with van der Waals surface area (Å²) in [7, 11) is 0. The number of ketones is 2. The number of Topliss-reactive ketones (excluding diaryl/α,β-unsaturated/α-hetero) is 2. The minimum absolute atomic E-state index is 0.208. The zero-order chi connectivity index (χ0) is 60.7. The molecule has 0 aliphatic heterocycles. The van der Waals surface area contributed by atoms with Crippen LogP contribution in [0.25, 0.3) is 0 Å². The fraction of sp³-hybridized carbons (Fsp3) is 0.533. The van der Waals surface area contributed by atoms with E-state index in [2.05, 4.69) is 0 Å². The first-order valence-corrected chi connectivity index (χ1v) is 26.3. The molecule has 20 heteroatoms. The summed E-state index contributed by atoms with van der Waals surface area (Å²) in [6.07, 6.45) is 8.98. The Bertz CT molecular complexity index is 2340. The average Bonchev–Trinajstić information content (AvgIpc) is 3.44. The molecule has 0 amide bonds. The Kier molecular flexibility index (Phi) is 29.5. The van der Waals surface area contributed by atoms with E-state index >= 15 is 0 Å². The predicted molar refractivity (Wildman–Crippen MR) is 295 cm³/mol. The summed E-state index contributed by atoms with van der Waals surface area (Å²) in [5, 5.41) is 95.6. The molecule has 80 heavy (non-hydrogen) atoms. The third-order valence-electron chi connectivity index (χ3n) is 13.4. The molecule has 0 aromatic heterocycles. The van der Waals surface area contributed by atoms with E-state index in [1.807, 2.05) is 140 Å². The van der Waals surface area contributed by atoms with E-state index in [0.29, 0.717) is 11.1 Å². The second-order valence-corrected chi connectivity index (χ2v) is 21.3. The van der Waals surface area contributed by atoms with Crippen molar-refractivity contribution < 1.29 is 98.8 Å². The third-order valence-corrected chi connectivity index (χ3v) is 13.4. The summed E-state index contributed by atoms with van der Waals surface area (Å²) in [5.41, 5.74) is 5.22. The van der Waals surface area contributed by atoms with Crippen molar-refractivity contribution in [3.05, 3.63) is 130 Å². The number of hydrogen-bond acceptors (Lipinski definition) is 20. The van der Waals surface area contributed by atoms with Crippen LogP contribution in [0, 0.1) is 10.8 Å². The highest BCUT2D eigenvalue weighted by atomic mass is 16.6. The molecule has 0 saturated carbocycles. The normalized spacial score (nSPS) is 21.8. The average molecular weight is 1130 g/mol.